The largest absolute Gasteiger partial charge is 0.500 e. The van der Waals surface area contributed by atoms with Crippen molar-refractivity contribution in [3.63, 3.8) is 0 Å². The van der Waals surface area contributed by atoms with E-state index in [4.69, 9.17) is 4.74 Å². The second kappa shape index (κ2) is 5.43. The Hall–Kier alpha value is -1.84. The summed E-state index contributed by atoms with van der Waals surface area (Å²) in [4.78, 5) is 22.0. The van der Waals surface area contributed by atoms with Gasteiger partial charge in [-0.2, -0.15) is 0 Å². The van der Waals surface area contributed by atoms with E-state index in [0.29, 0.717) is 23.2 Å². The first kappa shape index (κ1) is 15.2. The average molecular weight is 264 g/mol. The van der Waals surface area contributed by atoms with E-state index in [-0.39, 0.29) is 5.92 Å². The molecule has 0 aromatic rings. The Morgan fingerprint density at radius 2 is 1.95 bits per heavy atom. The maximum Gasteiger partial charge on any atom is 0.336 e. The molecule has 1 atom stereocenters. The second-order valence-corrected chi connectivity index (χ2v) is 5.22. The van der Waals surface area contributed by atoms with Gasteiger partial charge in [-0.25, -0.2) is 4.79 Å². The number of carbonyl (C=O) groups excluding carboxylic acids is 1. The number of aliphatic carboxylic acids is 1. The molecule has 104 valence electrons. The molecule has 19 heavy (non-hydrogen) atoms. The van der Waals surface area contributed by atoms with Crippen molar-refractivity contribution in [1.82, 2.24) is 0 Å². The molecule has 0 heterocycles. The standard InChI is InChI=1S/C15H20O4/c1-9-12(14(17)18)10(2)15(3,4)11(7-6-8-16)13(9)19-5/h6-8,11H,1-5H3,(H,17,18). The van der Waals surface area contributed by atoms with Crippen LogP contribution in [0.4, 0.5) is 0 Å². The number of carboxylic acid groups (broad SMARTS) is 1. The lowest BCUT2D eigenvalue weighted by molar-refractivity contribution is -0.132. The zero-order valence-electron chi connectivity index (χ0n) is 12.0. The number of aldehydes is 1. The summed E-state index contributed by atoms with van der Waals surface area (Å²) < 4.78 is 5.39. The number of carbonyl (C=O) groups is 2. The molecule has 4 heteroatoms. The van der Waals surface area contributed by atoms with Crippen molar-refractivity contribution in [2.24, 2.45) is 11.3 Å². The quantitative estimate of drug-likeness (QED) is 0.626. The summed E-state index contributed by atoms with van der Waals surface area (Å²) in [5, 5.41) is 9.37. The molecular weight excluding hydrogens is 244 g/mol. The number of carboxylic acids is 1. The summed E-state index contributed by atoms with van der Waals surface area (Å²) in [6.45, 7) is 7.47. The number of methoxy groups -OCH3 is 1. The molecular formula is C15H20O4. The number of hydrogen-bond donors (Lipinski definition) is 1. The molecule has 0 spiro atoms. The van der Waals surface area contributed by atoms with E-state index < -0.39 is 11.4 Å². The van der Waals surface area contributed by atoms with Crippen LogP contribution in [0.1, 0.15) is 27.7 Å². The van der Waals surface area contributed by atoms with Gasteiger partial charge in [0, 0.05) is 11.5 Å². The third-order valence-corrected chi connectivity index (χ3v) is 3.96. The Morgan fingerprint density at radius 3 is 2.37 bits per heavy atom. The molecule has 1 aliphatic carbocycles. The fourth-order valence-corrected chi connectivity index (χ4v) is 2.61. The van der Waals surface area contributed by atoms with E-state index >= 15 is 0 Å². The Kier molecular flexibility index (Phi) is 4.35. The van der Waals surface area contributed by atoms with Crippen molar-refractivity contribution in [2.75, 3.05) is 7.11 Å². The Balaban J connectivity index is 3.53. The van der Waals surface area contributed by atoms with E-state index in [1.165, 1.54) is 13.2 Å². The van der Waals surface area contributed by atoms with Crippen molar-refractivity contribution in [2.45, 2.75) is 27.7 Å². The predicted molar refractivity (Wildman–Crippen MR) is 72.5 cm³/mol. The van der Waals surface area contributed by atoms with Gasteiger partial charge in [-0.3, -0.25) is 4.79 Å². The highest BCUT2D eigenvalue weighted by atomic mass is 16.5. The summed E-state index contributed by atoms with van der Waals surface area (Å²) in [7, 11) is 1.52. The SMILES string of the molecule is COC1=C(C)C(C(=O)O)=C(C)C(C)(C)C1C=CC=O. The Bertz CT molecular complexity index is 492. The van der Waals surface area contributed by atoms with Gasteiger partial charge < -0.3 is 9.84 Å². The lowest BCUT2D eigenvalue weighted by Crippen LogP contribution is -2.33. The molecule has 0 amide bonds. The predicted octanol–water partition coefficient (Wildman–Crippen LogP) is 2.72. The average Bonchev–Trinajstić information content (AvgIpc) is 2.32. The molecule has 0 aromatic heterocycles. The Morgan fingerprint density at radius 1 is 1.37 bits per heavy atom. The third kappa shape index (κ3) is 2.48. The topological polar surface area (TPSA) is 63.6 Å². The summed E-state index contributed by atoms with van der Waals surface area (Å²) in [6.07, 6.45) is 3.90. The van der Waals surface area contributed by atoms with Gasteiger partial charge in [-0.15, -0.1) is 0 Å². The summed E-state index contributed by atoms with van der Waals surface area (Å²) >= 11 is 0. The molecule has 0 fully saturated rings. The minimum Gasteiger partial charge on any atom is -0.500 e. The molecule has 1 aliphatic rings. The normalized spacial score (nSPS) is 22.9. The van der Waals surface area contributed by atoms with E-state index in [1.807, 2.05) is 20.8 Å². The zero-order chi connectivity index (χ0) is 14.8. The lowest BCUT2D eigenvalue weighted by atomic mass is 9.66. The zero-order valence-corrected chi connectivity index (χ0v) is 12.0. The van der Waals surface area contributed by atoms with E-state index in [9.17, 15) is 14.7 Å². The molecule has 0 saturated heterocycles. The highest BCUT2D eigenvalue weighted by molar-refractivity contribution is 5.93. The van der Waals surface area contributed by atoms with Crippen LogP contribution in [-0.4, -0.2) is 24.5 Å². The van der Waals surface area contributed by atoms with Crippen LogP contribution >= 0.6 is 0 Å². The van der Waals surface area contributed by atoms with Crippen LogP contribution in [0, 0.1) is 11.3 Å². The molecule has 0 radical (unpaired) electrons. The first-order valence-electron chi connectivity index (χ1n) is 6.10. The van der Waals surface area contributed by atoms with Crippen LogP contribution in [0.3, 0.4) is 0 Å². The molecule has 1 unspecified atom stereocenters. The van der Waals surface area contributed by atoms with Crippen molar-refractivity contribution in [3.8, 4) is 0 Å². The van der Waals surface area contributed by atoms with Crippen molar-refractivity contribution in [1.29, 1.82) is 0 Å². The van der Waals surface area contributed by atoms with E-state index in [2.05, 4.69) is 0 Å². The van der Waals surface area contributed by atoms with Crippen molar-refractivity contribution < 1.29 is 19.4 Å². The summed E-state index contributed by atoms with van der Waals surface area (Å²) in [5.74, 6) is -0.493. The maximum atomic E-state index is 11.4. The number of ether oxygens (including phenoxy) is 1. The van der Waals surface area contributed by atoms with Gasteiger partial charge in [-0.1, -0.05) is 25.5 Å². The van der Waals surface area contributed by atoms with Gasteiger partial charge in [0.05, 0.1) is 12.7 Å². The van der Waals surface area contributed by atoms with Crippen molar-refractivity contribution in [3.05, 3.63) is 34.6 Å². The highest BCUT2D eigenvalue weighted by Crippen LogP contribution is 2.48. The molecule has 1 N–H and O–H groups in total. The number of rotatable bonds is 4. The van der Waals surface area contributed by atoms with Crippen LogP contribution in [-0.2, 0) is 14.3 Å². The molecule has 0 aliphatic heterocycles. The van der Waals surface area contributed by atoms with Crippen LogP contribution in [0.5, 0.6) is 0 Å². The van der Waals surface area contributed by atoms with Gasteiger partial charge in [-0.05, 0) is 25.3 Å². The molecule has 0 aromatic carbocycles. The fourth-order valence-electron chi connectivity index (χ4n) is 2.61. The minimum absolute atomic E-state index is 0.147. The van der Waals surface area contributed by atoms with E-state index in [0.717, 1.165) is 5.57 Å². The number of hydrogen-bond acceptors (Lipinski definition) is 3. The first-order valence-corrected chi connectivity index (χ1v) is 6.10. The summed E-state index contributed by atoms with van der Waals surface area (Å²) in [5.41, 5.74) is 1.29. The third-order valence-electron chi connectivity index (χ3n) is 3.96. The minimum atomic E-state index is -0.949. The smallest absolute Gasteiger partial charge is 0.336 e. The Labute approximate surface area is 113 Å². The van der Waals surface area contributed by atoms with Crippen LogP contribution in [0.25, 0.3) is 0 Å². The number of allylic oxidation sites excluding steroid dienone is 3. The van der Waals surface area contributed by atoms with Gasteiger partial charge in [0.1, 0.15) is 12.0 Å². The summed E-state index contributed by atoms with van der Waals surface area (Å²) in [6, 6.07) is 0. The van der Waals surface area contributed by atoms with Crippen LogP contribution in [0.2, 0.25) is 0 Å². The monoisotopic (exact) mass is 264 g/mol. The van der Waals surface area contributed by atoms with Crippen molar-refractivity contribution >= 4 is 12.3 Å². The molecule has 0 bridgehead atoms. The van der Waals surface area contributed by atoms with E-state index in [1.54, 1.807) is 13.0 Å². The second-order valence-electron chi connectivity index (χ2n) is 5.22. The van der Waals surface area contributed by atoms with Crippen LogP contribution in [0.15, 0.2) is 34.6 Å². The molecule has 4 nitrogen and oxygen atoms in total. The lowest BCUT2D eigenvalue weighted by Gasteiger charge is -2.40. The van der Waals surface area contributed by atoms with Gasteiger partial charge in [0.15, 0.2) is 0 Å². The highest BCUT2D eigenvalue weighted by Gasteiger charge is 2.41. The maximum absolute atomic E-state index is 11.4. The van der Waals surface area contributed by atoms with Crippen LogP contribution < -0.4 is 0 Å². The van der Waals surface area contributed by atoms with Gasteiger partial charge >= 0.3 is 5.97 Å². The van der Waals surface area contributed by atoms with Gasteiger partial charge in [0.2, 0.25) is 0 Å². The molecule has 0 saturated carbocycles. The van der Waals surface area contributed by atoms with Gasteiger partial charge in [0.25, 0.3) is 0 Å². The molecule has 1 rings (SSSR count). The first-order chi connectivity index (χ1) is 8.78. The fraction of sp³-hybridized carbons (Fsp3) is 0.467.